The van der Waals surface area contributed by atoms with Crippen molar-refractivity contribution in [3.63, 3.8) is 0 Å². The smallest absolute Gasteiger partial charge is 0.273 e. The number of rotatable bonds is 3. The second-order valence-corrected chi connectivity index (χ2v) is 6.07. The molecule has 3 aromatic carbocycles. The van der Waals surface area contributed by atoms with Gasteiger partial charge >= 0.3 is 0 Å². The van der Waals surface area contributed by atoms with Gasteiger partial charge in [0.2, 0.25) is 0 Å². The van der Waals surface area contributed by atoms with Crippen LogP contribution in [0.4, 0.5) is 5.69 Å². The highest BCUT2D eigenvalue weighted by Crippen LogP contribution is 2.28. The molecule has 0 heterocycles. The second kappa shape index (κ2) is 6.72. The second-order valence-electron chi connectivity index (χ2n) is 5.15. The number of amides is 1. The number of phenols is 1. The molecule has 0 saturated heterocycles. The molecule has 0 spiro atoms. The van der Waals surface area contributed by atoms with Crippen LogP contribution >= 0.6 is 15.9 Å². The number of aromatic hydroxyl groups is 1. The summed E-state index contributed by atoms with van der Waals surface area (Å²) in [5, 5.41) is 15.8. The maximum absolute atomic E-state index is 12.1. The number of carbonyl (C=O) groups excluding carboxylic acids is 1. The Morgan fingerprint density at radius 1 is 1.17 bits per heavy atom. The number of nitrogens with one attached hydrogen (secondary N) is 1. The molecule has 4 N–H and O–H groups in total. The molecule has 0 fully saturated rings. The van der Waals surface area contributed by atoms with Crippen LogP contribution in [0.15, 0.2) is 64.2 Å². The highest BCUT2D eigenvalue weighted by atomic mass is 79.9. The quantitative estimate of drug-likeness (QED) is 0.366. The molecule has 0 bridgehead atoms. The molecule has 0 aliphatic heterocycles. The molecule has 0 aliphatic rings. The van der Waals surface area contributed by atoms with Crippen molar-refractivity contribution in [1.29, 1.82) is 0 Å². The molecular weight excluding hydrogens is 370 g/mol. The van der Waals surface area contributed by atoms with Gasteiger partial charge in [-0.2, -0.15) is 5.10 Å². The maximum atomic E-state index is 12.1. The van der Waals surface area contributed by atoms with Crippen molar-refractivity contribution in [3.05, 3.63) is 70.2 Å². The van der Waals surface area contributed by atoms with Crippen LogP contribution in [0.3, 0.4) is 0 Å². The third kappa shape index (κ3) is 3.23. The SMILES string of the molecule is Nc1ccccc1C(=O)N/N=C\c1c(O)ccc2cc(Br)ccc12. The third-order valence-corrected chi connectivity index (χ3v) is 4.06. The number of anilines is 1. The molecule has 0 aliphatic carbocycles. The van der Waals surface area contributed by atoms with Gasteiger partial charge in [-0.3, -0.25) is 4.79 Å². The molecule has 0 radical (unpaired) electrons. The number of nitrogens with zero attached hydrogens (tertiary/aromatic N) is 1. The summed E-state index contributed by atoms with van der Waals surface area (Å²) < 4.78 is 0.941. The highest BCUT2D eigenvalue weighted by molar-refractivity contribution is 9.10. The average Bonchev–Trinajstić information content (AvgIpc) is 2.57. The van der Waals surface area contributed by atoms with Gasteiger partial charge in [-0.1, -0.05) is 40.2 Å². The van der Waals surface area contributed by atoms with Gasteiger partial charge in [-0.25, -0.2) is 5.43 Å². The van der Waals surface area contributed by atoms with E-state index in [2.05, 4.69) is 26.5 Å². The minimum absolute atomic E-state index is 0.0852. The Hall–Kier alpha value is -2.86. The molecule has 0 aromatic heterocycles. The predicted molar refractivity (Wildman–Crippen MR) is 99.2 cm³/mol. The van der Waals surface area contributed by atoms with Crippen molar-refractivity contribution >= 4 is 44.5 Å². The monoisotopic (exact) mass is 383 g/mol. The van der Waals surface area contributed by atoms with E-state index in [1.54, 1.807) is 30.3 Å². The van der Waals surface area contributed by atoms with Crippen LogP contribution in [0.2, 0.25) is 0 Å². The summed E-state index contributed by atoms with van der Waals surface area (Å²) in [6.07, 6.45) is 1.42. The lowest BCUT2D eigenvalue weighted by atomic mass is 10.0. The van der Waals surface area contributed by atoms with Crippen LogP contribution in [0.25, 0.3) is 10.8 Å². The maximum Gasteiger partial charge on any atom is 0.273 e. The summed E-state index contributed by atoms with van der Waals surface area (Å²) in [5.41, 5.74) is 9.44. The van der Waals surface area contributed by atoms with Crippen molar-refractivity contribution in [3.8, 4) is 5.75 Å². The van der Waals surface area contributed by atoms with Crippen LogP contribution in [0, 0.1) is 0 Å². The van der Waals surface area contributed by atoms with Crippen molar-refractivity contribution < 1.29 is 9.90 Å². The lowest BCUT2D eigenvalue weighted by Gasteiger charge is -2.06. The predicted octanol–water partition coefficient (Wildman–Crippen LogP) is 3.65. The Morgan fingerprint density at radius 2 is 1.96 bits per heavy atom. The first-order valence-corrected chi connectivity index (χ1v) is 7.94. The molecule has 3 aromatic rings. The molecule has 1 amide bonds. The number of phenolic OH excluding ortho intramolecular Hbond substituents is 1. The summed E-state index contributed by atoms with van der Waals surface area (Å²) in [7, 11) is 0. The van der Waals surface area contributed by atoms with E-state index in [1.807, 2.05) is 24.3 Å². The number of benzene rings is 3. The Kier molecular flexibility index (Phi) is 4.48. The summed E-state index contributed by atoms with van der Waals surface area (Å²) in [5.74, 6) is -0.325. The Labute approximate surface area is 146 Å². The molecule has 24 heavy (non-hydrogen) atoms. The van der Waals surface area contributed by atoms with Crippen LogP contribution in [-0.2, 0) is 0 Å². The van der Waals surface area contributed by atoms with Gasteiger partial charge in [0.1, 0.15) is 5.75 Å². The van der Waals surface area contributed by atoms with Crippen LogP contribution in [0.1, 0.15) is 15.9 Å². The zero-order valence-corrected chi connectivity index (χ0v) is 14.1. The lowest BCUT2D eigenvalue weighted by molar-refractivity contribution is 0.0956. The Balaban J connectivity index is 1.87. The molecule has 0 atom stereocenters. The van der Waals surface area contributed by atoms with Gasteiger partial charge in [0.05, 0.1) is 11.8 Å². The van der Waals surface area contributed by atoms with Gasteiger partial charge in [-0.15, -0.1) is 0 Å². The first kappa shape index (κ1) is 16.0. The van der Waals surface area contributed by atoms with Crippen molar-refractivity contribution in [2.24, 2.45) is 5.10 Å². The van der Waals surface area contributed by atoms with E-state index in [0.29, 0.717) is 16.8 Å². The molecular formula is C18H14BrN3O2. The van der Waals surface area contributed by atoms with Crippen LogP contribution in [-0.4, -0.2) is 17.2 Å². The zero-order valence-electron chi connectivity index (χ0n) is 12.5. The number of hydrogen-bond acceptors (Lipinski definition) is 4. The van der Waals surface area contributed by atoms with Gasteiger partial charge in [-0.05, 0) is 41.1 Å². The fourth-order valence-corrected chi connectivity index (χ4v) is 2.75. The fourth-order valence-electron chi connectivity index (χ4n) is 2.37. The number of hydrazone groups is 1. The number of nitrogens with two attached hydrogens (primary N) is 1. The fraction of sp³-hybridized carbons (Fsp3) is 0. The topological polar surface area (TPSA) is 87.7 Å². The molecule has 0 unspecified atom stereocenters. The van der Waals surface area contributed by atoms with Crippen molar-refractivity contribution in [2.75, 3.05) is 5.73 Å². The highest BCUT2D eigenvalue weighted by Gasteiger charge is 2.08. The zero-order chi connectivity index (χ0) is 17.1. The minimum atomic E-state index is -0.410. The Morgan fingerprint density at radius 3 is 2.75 bits per heavy atom. The standard InChI is InChI=1S/C18H14BrN3O2/c19-12-6-7-13-11(9-12)5-8-17(23)15(13)10-21-22-18(24)14-3-1-2-4-16(14)20/h1-10,23H,20H2,(H,22,24)/b21-10-. The summed E-state index contributed by atoms with van der Waals surface area (Å²) in [6.45, 7) is 0. The largest absolute Gasteiger partial charge is 0.507 e. The third-order valence-electron chi connectivity index (χ3n) is 3.57. The number of para-hydroxylation sites is 1. The number of halogens is 1. The first-order valence-electron chi connectivity index (χ1n) is 7.15. The van der Waals surface area contributed by atoms with Crippen LogP contribution < -0.4 is 11.2 Å². The van der Waals surface area contributed by atoms with Gasteiger partial charge < -0.3 is 10.8 Å². The molecule has 3 rings (SSSR count). The molecule has 0 saturated carbocycles. The van der Waals surface area contributed by atoms with E-state index in [9.17, 15) is 9.90 Å². The van der Waals surface area contributed by atoms with E-state index in [-0.39, 0.29) is 5.75 Å². The minimum Gasteiger partial charge on any atom is -0.507 e. The van der Waals surface area contributed by atoms with Gasteiger partial charge in [0, 0.05) is 15.7 Å². The van der Waals surface area contributed by atoms with Crippen LogP contribution in [0.5, 0.6) is 5.75 Å². The first-order chi connectivity index (χ1) is 11.6. The van der Waals surface area contributed by atoms with E-state index in [0.717, 1.165) is 15.2 Å². The van der Waals surface area contributed by atoms with Crippen molar-refractivity contribution in [1.82, 2.24) is 5.43 Å². The number of nitrogen functional groups attached to an aromatic ring is 1. The summed E-state index contributed by atoms with van der Waals surface area (Å²) in [6, 6.07) is 15.8. The Bertz CT molecular complexity index is 954. The molecule has 6 heteroatoms. The number of hydrogen-bond donors (Lipinski definition) is 3. The normalized spacial score (nSPS) is 11.0. The van der Waals surface area contributed by atoms with Gasteiger partial charge in [0.15, 0.2) is 0 Å². The summed E-state index contributed by atoms with van der Waals surface area (Å²) in [4.78, 5) is 12.1. The average molecular weight is 384 g/mol. The number of carbonyl (C=O) groups is 1. The number of fused-ring (bicyclic) bond motifs is 1. The lowest BCUT2D eigenvalue weighted by Crippen LogP contribution is -2.19. The van der Waals surface area contributed by atoms with E-state index < -0.39 is 5.91 Å². The molecule has 5 nitrogen and oxygen atoms in total. The van der Waals surface area contributed by atoms with E-state index >= 15 is 0 Å². The van der Waals surface area contributed by atoms with E-state index in [4.69, 9.17) is 5.73 Å². The van der Waals surface area contributed by atoms with Crippen molar-refractivity contribution in [2.45, 2.75) is 0 Å². The molecule has 120 valence electrons. The van der Waals surface area contributed by atoms with E-state index in [1.165, 1.54) is 6.21 Å². The summed E-state index contributed by atoms with van der Waals surface area (Å²) >= 11 is 3.41. The van der Waals surface area contributed by atoms with Gasteiger partial charge in [0.25, 0.3) is 5.91 Å².